The van der Waals surface area contributed by atoms with E-state index in [1.807, 2.05) is 13.1 Å². The van der Waals surface area contributed by atoms with E-state index in [-0.39, 0.29) is 5.82 Å². The smallest absolute Gasteiger partial charge is 0.123 e. The molecule has 2 heteroatoms. The quantitative estimate of drug-likeness (QED) is 0.847. The van der Waals surface area contributed by atoms with Gasteiger partial charge in [0.05, 0.1) is 0 Å². The molecule has 1 aromatic carbocycles. The van der Waals surface area contributed by atoms with Gasteiger partial charge in [-0.2, -0.15) is 0 Å². The molecule has 0 amide bonds. The van der Waals surface area contributed by atoms with Crippen LogP contribution >= 0.6 is 0 Å². The van der Waals surface area contributed by atoms with Gasteiger partial charge in [-0.3, -0.25) is 0 Å². The molecule has 1 aromatic rings. The van der Waals surface area contributed by atoms with E-state index < -0.39 is 0 Å². The number of rotatable bonds is 5. The van der Waals surface area contributed by atoms with Crippen molar-refractivity contribution in [1.82, 2.24) is 5.32 Å². The lowest BCUT2D eigenvalue weighted by molar-refractivity contribution is 0.146. The summed E-state index contributed by atoms with van der Waals surface area (Å²) in [7, 11) is 2.04. The Morgan fingerprint density at radius 1 is 1.25 bits per heavy atom. The second kappa shape index (κ2) is 7.21. The Morgan fingerprint density at radius 2 is 2.05 bits per heavy atom. The van der Waals surface area contributed by atoms with Crippen molar-refractivity contribution in [1.29, 1.82) is 0 Å². The molecule has 0 radical (unpaired) electrons. The van der Waals surface area contributed by atoms with Crippen LogP contribution in [0.2, 0.25) is 0 Å². The molecule has 0 spiro atoms. The van der Waals surface area contributed by atoms with Crippen molar-refractivity contribution >= 4 is 0 Å². The van der Waals surface area contributed by atoms with E-state index in [1.54, 1.807) is 6.07 Å². The van der Waals surface area contributed by atoms with Gasteiger partial charge in [-0.1, -0.05) is 26.0 Å². The monoisotopic (exact) mass is 277 g/mol. The fraction of sp³-hybridized carbons (Fsp3) is 0.667. The van der Waals surface area contributed by atoms with E-state index >= 15 is 0 Å². The van der Waals surface area contributed by atoms with Crippen molar-refractivity contribution in [2.24, 2.45) is 23.7 Å². The molecule has 1 N–H and O–H groups in total. The summed E-state index contributed by atoms with van der Waals surface area (Å²) < 4.78 is 13.4. The minimum Gasteiger partial charge on any atom is -0.319 e. The number of nitrogens with one attached hydrogen (secondary N) is 1. The molecular formula is C18H28FN. The van der Waals surface area contributed by atoms with Gasteiger partial charge in [-0.15, -0.1) is 0 Å². The normalized spacial score (nSPS) is 26.9. The second-order valence-electron chi connectivity index (χ2n) is 6.73. The van der Waals surface area contributed by atoms with Crippen molar-refractivity contribution in [2.75, 3.05) is 13.6 Å². The molecule has 2 rings (SSSR count). The van der Waals surface area contributed by atoms with E-state index in [2.05, 4.69) is 25.2 Å². The molecule has 1 fully saturated rings. The molecule has 20 heavy (non-hydrogen) atoms. The lowest BCUT2D eigenvalue weighted by Gasteiger charge is -2.38. The highest BCUT2D eigenvalue weighted by Gasteiger charge is 2.31. The summed E-state index contributed by atoms with van der Waals surface area (Å²) in [6.07, 6.45) is 4.97. The minimum absolute atomic E-state index is 0.108. The number of halogens is 1. The first-order chi connectivity index (χ1) is 9.60. The summed E-state index contributed by atoms with van der Waals surface area (Å²) in [5, 5.41) is 3.33. The molecule has 1 aliphatic carbocycles. The van der Waals surface area contributed by atoms with Gasteiger partial charge in [0.2, 0.25) is 0 Å². The molecule has 0 heterocycles. The van der Waals surface area contributed by atoms with Crippen LogP contribution in [0.3, 0.4) is 0 Å². The first-order valence-electron chi connectivity index (χ1n) is 7.99. The van der Waals surface area contributed by atoms with Crippen LogP contribution in [0.25, 0.3) is 0 Å². The Labute approximate surface area is 123 Å². The van der Waals surface area contributed by atoms with Crippen LogP contribution in [0.4, 0.5) is 4.39 Å². The van der Waals surface area contributed by atoms with E-state index in [4.69, 9.17) is 0 Å². The van der Waals surface area contributed by atoms with Crippen LogP contribution in [0.1, 0.15) is 38.7 Å². The minimum atomic E-state index is -0.108. The van der Waals surface area contributed by atoms with E-state index in [0.717, 1.165) is 36.3 Å². The third-order valence-corrected chi connectivity index (χ3v) is 4.98. The van der Waals surface area contributed by atoms with Crippen molar-refractivity contribution in [2.45, 2.75) is 39.5 Å². The SMILES string of the molecule is CNCC1CCC(C(C)C)CC1Cc1cccc(F)c1. The maximum atomic E-state index is 13.4. The number of hydrogen-bond acceptors (Lipinski definition) is 1. The van der Waals surface area contributed by atoms with Gasteiger partial charge >= 0.3 is 0 Å². The van der Waals surface area contributed by atoms with Crippen LogP contribution in [0.15, 0.2) is 24.3 Å². The fourth-order valence-electron chi connectivity index (χ4n) is 3.72. The molecule has 0 aliphatic heterocycles. The number of benzene rings is 1. The summed E-state index contributed by atoms with van der Waals surface area (Å²) in [4.78, 5) is 0. The summed E-state index contributed by atoms with van der Waals surface area (Å²) in [6, 6.07) is 7.14. The van der Waals surface area contributed by atoms with Crippen molar-refractivity contribution in [3.8, 4) is 0 Å². The number of hydrogen-bond donors (Lipinski definition) is 1. The van der Waals surface area contributed by atoms with E-state index in [0.29, 0.717) is 5.92 Å². The molecule has 0 aromatic heterocycles. The molecule has 0 bridgehead atoms. The second-order valence-corrected chi connectivity index (χ2v) is 6.73. The zero-order valence-corrected chi connectivity index (χ0v) is 13.0. The summed E-state index contributed by atoms with van der Waals surface area (Å²) in [5.74, 6) is 2.91. The summed E-state index contributed by atoms with van der Waals surface area (Å²) >= 11 is 0. The Morgan fingerprint density at radius 3 is 2.70 bits per heavy atom. The molecule has 1 nitrogen and oxygen atoms in total. The third-order valence-electron chi connectivity index (χ3n) is 4.98. The largest absolute Gasteiger partial charge is 0.319 e. The molecular weight excluding hydrogens is 249 g/mol. The van der Waals surface area contributed by atoms with Crippen LogP contribution in [0, 0.1) is 29.5 Å². The molecule has 1 saturated carbocycles. The van der Waals surface area contributed by atoms with Gasteiger partial charge in [0.15, 0.2) is 0 Å². The average molecular weight is 277 g/mol. The van der Waals surface area contributed by atoms with Crippen molar-refractivity contribution < 1.29 is 4.39 Å². The Kier molecular flexibility index (Phi) is 5.59. The summed E-state index contributed by atoms with van der Waals surface area (Å²) in [5.41, 5.74) is 1.15. The predicted octanol–water partition coefficient (Wildman–Crippen LogP) is 4.28. The average Bonchev–Trinajstić information content (AvgIpc) is 2.41. The fourth-order valence-corrected chi connectivity index (χ4v) is 3.72. The maximum absolute atomic E-state index is 13.4. The Hall–Kier alpha value is -0.890. The summed E-state index contributed by atoms with van der Waals surface area (Å²) in [6.45, 7) is 5.76. The van der Waals surface area contributed by atoms with E-state index in [9.17, 15) is 4.39 Å². The van der Waals surface area contributed by atoms with Crippen molar-refractivity contribution in [3.63, 3.8) is 0 Å². The highest BCUT2D eigenvalue weighted by molar-refractivity contribution is 5.17. The first kappa shape index (κ1) is 15.5. The zero-order chi connectivity index (χ0) is 14.5. The van der Waals surface area contributed by atoms with E-state index in [1.165, 1.54) is 25.3 Å². The zero-order valence-electron chi connectivity index (χ0n) is 13.0. The van der Waals surface area contributed by atoms with Gasteiger partial charge in [-0.25, -0.2) is 4.39 Å². The Balaban J connectivity index is 2.06. The van der Waals surface area contributed by atoms with Crippen LogP contribution < -0.4 is 5.32 Å². The van der Waals surface area contributed by atoms with Crippen LogP contribution in [-0.2, 0) is 6.42 Å². The van der Waals surface area contributed by atoms with Gasteiger partial charge in [0.1, 0.15) is 5.82 Å². The molecule has 112 valence electrons. The van der Waals surface area contributed by atoms with Gasteiger partial charge < -0.3 is 5.32 Å². The predicted molar refractivity (Wildman–Crippen MR) is 83.2 cm³/mol. The highest BCUT2D eigenvalue weighted by atomic mass is 19.1. The van der Waals surface area contributed by atoms with Gasteiger partial charge in [-0.05, 0) is 80.6 Å². The first-order valence-corrected chi connectivity index (χ1v) is 7.99. The molecule has 3 unspecified atom stereocenters. The van der Waals surface area contributed by atoms with Crippen LogP contribution in [0.5, 0.6) is 0 Å². The molecule has 0 saturated heterocycles. The highest BCUT2D eigenvalue weighted by Crippen LogP contribution is 2.39. The maximum Gasteiger partial charge on any atom is 0.123 e. The van der Waals surface area contributed by atoms with Crippen LogP contribution in [-0.4, -0.2) is 13.6 Å². The molecule has 3 atom stereocenters. The standard InChI is InChI=1S/C18H28FN/c1-13(2)15-7-8-16(12-20-3)17(11-15)9-14-5-4-6-18(19)10-14/h4-6,10,13,15-17,20H,7-9,11-12H2,1-3H3. The molecule has 1 aliphatic rings. The lowest BCUT2D eigenvalue weighted by atomic mass is 9.68. The van der Waals surface area contributed by atoms with Crippen molar-refractivity contribution in [3.05, 3.63) is 35.6 Å². The van der Waals surface area contributed by atoms with Gasteiger partial charge in [0, 0.05) is 0 Å². The Bertz CT molecular complexity index is 416. The lowest BCUT2D eigenvalue weighted by Crippen LogP contribution is -2.34. The third kappa shape index (κ3) is 4.05. The van der Waals surface area contributed by atoms with Gasteiger partial charge in [0.25, 0.3) is 0 Å². The topological polar surface area (TPSA) is 12.0 Å².